The number of nitrogens with one attached hydrogen (secondary N) is 1. The van der Waals surface area contributed by atoms with Crippen LogP contribution in [0.3, 0.4) is 0 Å². The number of hydrogen-bond acceptors (Lipinski definition) is 2. The van der Waals surface area contributed by atoms with Crippen molar-refractivity contribution >= 4 is 11.6 Å². The van der Waals surface area contributed by atoms with Crippen molar-refractivity contribution in [3.63, 3.8) is 0 Å². The van der Waals surface area contributed by atoms with Gasteiger partial charge in [0.15, 0.2) is 6.10 Å². The first-order valence-corrected chi connectivity index (χ1v) is 9.63. The van der Waals surface area contributed by atoms with E-state index in [1.165, 1.54) is 0 Å². The molecule has 2 aromatic carbocycles. The Kier molecular flexibility index (Phi) is 7.26. The number of anilines is 1. The van der Waals surface area contributed by atoms with Crippen LogP contribution in [0.1, 0.15) is 70.4 Å². The van der Waals surface area contributed by atoms with E-state index in [4.69, 9.17) is 4.74 Å². The van der Waals surface area contributed by atoms with Crippen molar-refractivity contribution in [3.8, 4) is 5.75 Å². The van der Waals surface area contributed by atoms with Gasteiger partial charge in [0, 0.05) is 5.69 Å². The minimum Gasteiger partial charge on any atom is -0.480 e. The van der Waals surface area contributed by atoms with Gasteiger partial charge in [-0.3, -0.25) is 4.79 Å². The Morgan fingerprint density at radius 3 is 2.15 bits per heavy atom. The summed E-state index contributed by atoms with van der Waals surface area (Å²) in [6, 6.07) is 16.0. The number of carbonyl (C=O) groups is 1. The van der Waals surface area contributed by atoms with E-state index in [-0.39, 0.29) is 5.91 Å². The Hall–Kier alpha value is -2.29. The molecule has 0 aliphatic heterocycles. The predicted molar refractivity (Wildman–Crippen MR) is 109 cm³/mol. The lowest BCUT2D eigenvalue weighted by Gasteiger charge is -2.22. The molecule has 2 rings (SSSR count). The molecular formula is C23H31NO2. The highest BCUT2D eigenvalue weighted by molar-refractivity contribution is 5.95. The lowest BCUT2D eigenvalue weighted by molar-refractivity contribution is -0.122. The molecule has 0 aliphatic rings. The van der Waals surface area contributed by atoms with E-state index in [0.717, 1.165) is 29.0 Å². The molecule has 2 unspecified atom stereocenters. The van der Waals surface area contributed by atoms with Gasteiger partial charge >= 0.3 is 0 Å². The third-order valence-corrected chi connectivity index (χ3v) is 4.84. The lowest BCUT2D eigenvalue weighted by Crippen LogP contribution is -2.33. The predicted octanol–water partition coefficient (Wildman–Crippen LogP) is 6.12. The second-order valence-corrected chi connectivity index (χ2v) is 7.09. The van der Waals surface area contributed by atoms with Crippen LogP contribution in [0.25, 0.3) is 0 Å². The maximum atomic E-state index is 12.8. The molecule has 0 fully saturated rings. The smallest absolute Gasteiger partial charge is 0.265 e. The molecule has 0 saturated heterocycles. The van der Waals surface area contributed by atoms with Crippen molar-refractivity contribution in [1.29, 1.82) is 0 Å². The molecule has 0 spiro atoms. The number of rotatable bonds is 8. The Bertz CT molecular complexity index is 724. The number of para-hydroxylation sites is 2. The van der Waals surface area contributed by atoms with Gasteiger partial charge in [-0.05, 0) is 47.9 Å². The summed E-state index contributed by atoms with van der Waals surface area (Å²) in [6.45, 7) is 10.6. The van der Waals surface area contributed by atoms with Gasteiger partial charge in [0.25, 0.3) is 5.91 Å². The van der Waals surface area contributed by atoms with Crippen LogP contribution in [0.15, 0.2) is 48.5 Å². The van der Waals surface area contributed by atoms with Gasteiger partial charge in [-0.1, -0.05) is 71.0 Å². The Labute approximate surface area is 157 Å². The molecule has 3 nitrogen and oxygen atoms in total. The third kappa shape index (κ3) is 4.87. The Morgan fingerprint density at radius 2 is 1.54 bits per heavy atom. The van der Waals surface area contributed by atoms with Crippen molar-refractivity contribution in [3.05, 3.63) is 59.7 Å². The van der Waals surface area contributed by atoms with Crippen LogP contribution < -0.4 is 10.1 Å². The van der Waals surface area contributed by atoms with Crippen LogP contribution in [-0.4, -0.2) is 12.0 Å². The number of ether oxygens (including phenoxy) is 1. The molecule has 3 heteroatoms. The van der Waals surface area contributed by atoms with Crippen molar-refractivity contribution in [2.45, 2.75) is 65.4 Å². The van der Waals surface area contributed by atoms with Crippen LogP contribution in [0.5, 0.6) is 5.75 Å². The van der Waals surface area contributed by atoms with Crippen molar-refractivity contribution in [1.82, 2.24) is 0 Å². The number of benzene rings is 2. The summed E-state index contributed by atoms with van der Waals surface area (Å²) in [4.78, 5) is 12.8. The first-order valence-electron chi connectivity index (χ1n) is 9.63. The zero-order chi connectivity index (χ0) is 19.1. The van der Waals surface area contributed by atoms with Gasteiger partial charge in [0.05, 0.1) is 0 Å². The zero-order valence-corrected chi connectivity index (χ0v) is 16.6. The van der Waals surface area contributed by atoms with Crippen molar-refractivity contribution < 1.29 is 9.53 Å². The largest absolute Gasteiger partial charge is 0.480 e. The van der Waals surface area contributed by atoms with Gasteiger partial charge in [0.1, 0.15) is 5.75 Å². The molecule has 0 saturated carbocycles. The van der Waals surface area contributed by atoms with Gasteiger partial charge in [0.2, 0.25) is 0 Å². The van der Waals surface area contributed by atoms with E-state index in [2.05, 4.69) is 45.1 Å². The quantitative estimate of drug-likeness (QED) is 0.621. The van der Waals surface area contributed by atoms with Crippen molar-refractivity contribution in [2.75, 3.05) is 5.32 Å². The SMILES string of the molecule is CCC(Oc1ccccc1C(C)CC)C(=O)Nc1ccccc1C(C)C. The molecule has 0 bridgehead atoms. The summed E-state index contributed by atoms with van der Waals surface area (Å²) in [6.07, 6.45) is 1.13. The molecule has 0 aromatic heterocycles. The summed E-state index contributed by atoms with van der Waals surface area (Å²) in [5.74, 6) is 1.45. The maximum Gasteiger partial charge on any atom is 0.265 e. The first kappa shape index (κ1) is 20.0. The van der Waals surface area contributed by atoms with E-state index in [1.807, 2.05) is 43.3 Å². The molecule has 0 radical (unpaired) electrons. The zero-order valence-electron chi connectivity index (χ0n) is 16.6. The molecule has 2 atom stereocenters. The van der Waals surface area contributed by atoms with E-state index in [0.29, 0.717) is 18.3 Å². The molecule has 140 valence electrons. The fraction of sp³-hybridized carbons (Fsp3) is 0.435. The molecule has 0 aliphatic carbocycles. The summed E-state index contributed by atoms with van der Waals surface area (Å²) < 4.78 is 6.14. The standard InChI is InChI=1S/C23H31NO2/c1-6-17(5)19-13-9-11-15-22(19)26-21(7-2)23(25)24-20-14-10-8-12-18(20)16(3)4/h8-17,21H,6-7H2,1-5H3,(H,24,25). The highest BCUT2D eigenvalue weighted by Crippen LogP contribution is 2.30. The van der Waals surface area contributed by atoms with Gasteiger partial charge < -0.3 is 10.1 Å². The molecule has 2 aromatic rings. The summed E-state index contributed by atoms with van der Waals surface area (Å²) in [5, 5.41) is 3.06. The van der Waals surface area contributed by atoms with E-state index in [9.17, 15) is 4.79 Å². The summed E-state index contributed by atoms with van der Waals surface area (Å²) >= 11 is 0. The minimum absolute atomic E-state index is 0.0976. The van der Waals surface area contributed by atoms with E-state index >= 15 is 0 Å². The molecule has 26 heavy (non-hydrogen) atoms. The van der Waals surface area contributed by atoms with Gasteiger partial charge in [-0.15, -0.1) is 0 Å². The van der Waals surface area contributed by atoms with Crippen LogP contribution >= 0.6 is 0 Å². The van der Waals surface area contributed by atoms with Crippen LogP contribution in [0.2, 0.25) is 0 Å². The van der Waals surface area contributed by atoms with Crippen LogP contribution in [0, 0.1) is 0 Å². The van der Waals surface area contributed by atoms with Gasteiger partial charge in [-0.25, -0.2) is 0 Å². The fourth-order valence-corrected chi connectivity index (χ4v) is 3.02. The van der Waals surface area contributed by atoms with Crippen LogP contribution in [0.4, 0.5) is 5.69 Å². The molecule has 1 amide bonds. The summed E-state index contributed by atoms with van der Waals surface area (Å²) in [7, 11) is 0. The monoisotopic (exact) mass is 353 g/mol. The number of hydrogen-bond donors (Lipinski definition) is 1. The van der Waals surface area contributed by atoms with Crippen molar-refractivity contribution in [2.24, 2.45) is 0 Å². The van der Waals surface area contributed by atoms with E-state index < -0.39 is 6.10 Å². The number of carbonyl (C=O) groups excluding carboxylic acids is 1. The Morgan fingerprint density at radius 1 is 0.923 bits per heavy atom. The topological polar surface area (TPSA) is 38.3 Å². The Balaban J connectivity index is 2.18. The highest BCUT2D eigenvalue weighted by Gasteiger charge is 2.22. The maximum absolute atomic E-state index is 12.8. The normalized spacial score (nSPS) is 13.3. The van der Waals surface area contributed by atoms with E-state index in [1.54, 1.807) is 0 Å². The van der Waals surface area contributed by atoms with Gasteiger partial charge in [-0.2, -0.15) is 0 Å². The highest BCUT2D eigenvalue weighted by atomic mass is 16.5. The number of amides is 1. The summed E-state index contributed by atoms with van der Waals surface area (Å²) in [5.41, 5.74) is 3.16. The average Bonchev–Trinajstić information content (AvgIpc) is 2.65. The first-order chi connectivity index (χ1) is 12.5. The second kappa shape index (κ2) is 9.42. The molecule has 0 heterocycles. The molecule has 1 N–H and O–H groups in total. The average molecular weight is 354 g/mol. The lowest BCUT2D eigenvalue weighted by atomic mass is 9.97. The second-order valence-electron chi connectivity index (χ2n) is 7.09. The molecular weight excluding hydrogens is 322 g/mol. The van der Waals surface area contributed by atoms with Crippen LogP contribution in [-0.2, 0) is 4.79 Å². The minimum atomic E-state index is -0.513. The third-order valence-electron chi connectivity index (χ3n) is 4.84. The fourth-order valence-electron chi connectivity index (χ4n) is 3.02.